The first-order chi connectivity index (χ1) is 9.78. The second-order valence-electron chi connectivity index (χ2n) is 5.87. The van der Waals surface area contributed by atoms with E-state index in [4.69, 9.17) is 4.74 Å². The Bertz CT molecular complexity index is 449. The standard InChI is InChI=1S/C16H22N2O2/c1-20-15-10-13-3-4-14(11-15)18(13)16(19)5-2-12-6-8-17-9-7-12/h6-9,13-15H,2-5,10-11H2,1H3/t13-,14+,15?. The normalized spacial score (nSPS) is 28.6. The van der Waals surface area contributed by atoms with Crippen molar-refractivity contribution in [3.8, 4) is 0 Å². The number of amides is 1. The molecule has 0 N–H and O–H groups in total. The minimum atomic E-state index is 0.309. The second-order valence-corrected chi connectivity index (χ2v) is 5.87. The van der Waals surface area contributed by atoms with E-state index in [2.05, 4.69) is 9.88 Å². The molecule has 3 rings (SSSR count). The topological polar surface area (TPSA) is 42.4 Å². The van der Waals surface area contributed by atoms with Crippen LogP contribution in [0.3, 0.4) is 0 Å². The van der Waals surface area contributed by atoms with Gasteiger partial charge in [0.15, 0.2) is 0 Å². The minimum absolute atomic E-state index is 0.309. The summed E-state index contributed by atoms with van der Waals surface area (Å²) in [5, 5.41) is 0. The number of fused-ring (bicyclic) bond motifs is 2. The van der Waals surface area contributed by atoms with Gasteiger partial charge in [-0.05, 0) is 49.8 Å². The largest absolute Gasteiger partial charge is 0.381 e. The maximum absolute atomic E-state index is 12.5. The van der Waals surface area contributed by atoms with Crippen LogP contribution < -0.4 is 0 Å². The van der Waals surface area contributed by atoms with Crippen molar-refractivity contribution in [3.63, 3.8) is 0 Å². The number of ether oxygens (including phenoxy) is 1. The molecule has 0 aromatic carbocycles. The summed E-state index contributed by atoms with van der Waals surface area (Å²) in [4.78, 5) is 18.7. The van der Waals surface area contributed by atoms with E-state index >= 15 is 0 Å². The van der Waals surface area contributed by atoms with E-state index in [0.717, 1.165) is 32.1 Å². The zero-order chi connectivity index (χ0) is 13.9. The predicted octanol–water partition coefficient (Wildman–Crippen LogP) is 2.18. The molecule has 2 aliphatic rings. The summed E-state index contributed by atoms with van der Waals surface area (Å²) in [6.45, 7) is 0. The van der Waals surface area contributed by atoms with Crippen molar-refractivity contribution in [2.75, 3.05) is 7.11 Å². The number of rotatable bonds is 4. The molecule has 2 bridgehead atoms. The first-order valence-electron chi connectivity index (χ1n) is 7.51. The van der Waals surface area contributed by atoms with Crippen molar-refractivity contribution in [2.45, 2.75) is 56.7 Å². The van der Waals surface area contributed by atoms with E-state index in [9.17, 15) is 4.79 Å². The Morgan fingerprint density at radius 2 is 1.95 bits per heavy atom. The Balaban J connectivity index is 1.58. The van der Waals surface area contributed by atoms with Crippen molar-refractivity contribution < 1.29 is 9.53 Å². The van der Waals surface area contributed by atoms with E-state index in [1.165, 1.54) is 5.56 Å². The Morgan fingerprint density at radius 1 is 1.30 bits per heavy atom. The number of nitrogens with zero attached hydrogens (tertiary/aromatic N) is 2. The Kier molecular flexibility index (Phi) is 4.01. The summed E-state index contributed by atoms with van der Waals surface area (Å²) in [7, 11) is 1.78. The molecule has 108 valence electrons. The van der Waals surface area contributed by atoms with Crippen LogP contribution in [0, 0.1) is 0 Å². The average molecular weight is 274 g/mol. The Labute approximate surface area is 120 Å². The molecule has 0 radical (unpaired) electrons. The van der Waals surface area contributed by atoms with Gasteiger partial charge in [-0.2, -0.15) is 0 Å². The van der Waals surface area contributed by atoms with Gasteiger partial charge in [-0.3, -0.25) is 9.78 Å². The molecular formula is C16H22N2O2. The quantitative estimate of drug-likeness (QED) is 0.845. The van der Waals surface area contributed by atoms with Crippen molar-refractivity contribution in [3.05, 3.63) is 30.1 Å². The molecule has 1 aromatic heterocycles. The van der Waals surface area contributed by atoms with Crippen LogP contribution >= 0.6 is 0 Å². The summed E-state index contributed by atoms with van der Waals surface area (Å²) in [6.07, 6.45) is 9.64. The van der Waals surface area contributed by atoms with Crippen LogP contribution in [0.5, 0.6) is 0 Å². The van der Waals surface area contributed by atoms with Gasteiger partial charge in [0.2, 0.25) is 5.91 Å². The average Bonchev–Trinajstić information content (AvgIpc) is 2.76. The number of pyridine rings is 1. The third-order valence-electron chi connectivity index (χ3n) is 4.69. The maximum atomic E-state index is 12.5. The van der Waals surface area contributed by atoms with Crippen LogP contribution in [-0.2, 0) is 16.0 Å². The number of aryl methyl sites for hydroxylation is 1. The van der Waals surface area contributed by atoms with Gasteiger partial charge in [0, 0.05) is 38.0 Å². The molecule has 3 atom stereocenters. The molecule has 1 aromatic rings. The van der Waals surface area contributed by atoms with Gasteiger partial charge in [0.05, 0.1) is 6.10 Å². The van der Waals surface area contributed by atoms with Gasteiger partial charge in [0.1, 0.15) is 0 Å². The number of piperidine rings is 1. The zero-order valence-corrected chi connectivity index (χ0v) is 12.0. The molecule has 2 saturated heterocycles. The predicted molar refractivity (Wildman–Crippen MR) is 76.2 cm³/mol. The number of methoxy groups -OCH3 is 1. The lowest BCUT2D eigenvalue weighted by atomic mass is 9.98. The lowest BCUT2D eigenvalue weighted by Gasteiger charge is -2.38. The Hall–Kier alpha value is -1.42. The van der Waals surface area contributed by atoms with Crippen LogP contribution in [0.2, 0.25) is 0 Å². The van der Waals surface area contributed by atoms with Crippen LogP contribution in [0.15, 0.2) is 24.5 Å². The van der Waals surface area contributed by atoms with Gasteiger partial charge < -0.3 is 9.64 Å². The Morgan fingerprint density at radius 3 is 2.55 bits per heavy atom. The molecule has 3 heterocycles. The number of carbonyl (C=O) groups excluding carboxylic acids is 1. The highest BCUT2D eigenvalue weighted by Crippen LogP contribution is 2.37. The number of aromatic nitrogens is 1. The lowest BCUT2D eigenvalue weighted by molar-refractivity contribution is -0.137. The highest BCUT2D eigenvalue weighted by Gasteiger charge is 2.42. The molecule has 2 aliphatic heterocycles. The van der Waals surface area contributed by atoms with Crippen LogP contribution in [0.25, 0.3) is 0 Å². The van der Waals surface area contributed by atoms with Gasteiger partial charge in [0.25, 0.3) is 0 Å². The molecule has 1 amide bonds. The lowest BCUT2D eigenvalue weighted by Crippen LogP contribution is -2.48. The molecule has 1 unspecified atom stereocenters. The first kappa shape index (κ1) is 13.6. The van der Waals surface area contributed by atoms with Crippen molar-refractivity contribution in [1.82, 2.24) is 9.88 Å². The fourth-order valence-electron chi connectivity index (χ4n) is 3.66. The van der Waals surface area contributed by atoms with Crippen LogP contribution in [-0.4, -0.2) is 41.1 Å². The monoisotopic (exact) mass is 274 g/mol. The third-order valence-corrected chi connectivity index (χ3v) is 4.69. The summed E-state index contributed by atoms with van der Waals surface area (Å²) >= 11 is 0. The molecule has 0 saturated carbocycles. The summed E-state index contributed by atoms with van der Waals surface area (Å²) in [5.74, 6) is 0.309. The smallest absolute Gasteiger partial charge is 0.223 e. The highest BCUT2D eigenvalue weighted by molar-refractivity contribution is 5.77. The zero-order valence-electron chi connectivity index (χ0n) is 12.0. The highest BCUT2D eigenvalue weighted by atomic mass is 16.5. The molecule has 0 aliphatic carbocycles. The van der Waals surface area contributed by atoms with Gasteiger partial charge >= 0.3 is 0 Å². The summed E-state index contributed by atoms with van der Waals surface area (Å²) in [5.41, 5.74) is 1.19. The van der Waals surface area contributed by atoms with Crippen molar-refractivity contribution >= 4 is 5.91 Å². The fraction of sp³-hybridized carbons (Fsp3) is 0.625. The van der Waals surface area contributed by atoms with Crippen LogP contribution in [0.1, 0.15) is 37.7 Å². The van der Waals surface area contributed by atoms with E-state index in [1.54, 1.807) is 19.5 Å². The number of hydrogen-bond acceptors (Lipinski definition) is 3. The second kappa shape index (κ2) is 5.92. The van der Waals surface area contributed by atoms with Crippen molar-refractivity contribution in [2.24, 2.45) is 0 Å². The van der Waals surface area contributed by atoms with E-state index in [-0.39, 0.29) is 0 Å². The summed E-state index contributed by atoms with van der Waals surface area (Å²) < 4.78 is 5.48. The fourth-order valence-corrected chi connectivity index (χ4v) is 3.66. The molecule has 4 heteroatoms. The summed E-state index contributed by atoms with van der Waals surface area (Å²) in [6, 6.07) is 4.78. The number of hydrogen-bond donors (Lipinski definition) is 0. The van der Waals surface area contributed by atoms with Gasteiger partial charge in [-0.15, -0.1) is 0 Å². The molecule has 4 nitrogen and oxygen atoms in total. The third kappa shape index (κ3) is 2.70. The molecule has 20 heavy (non-hydrogen) atoms. The van der Waals surface area contributed by atoms with E-state index in [0.29, 0.717) is 30.5 Å². The van der Waals surface area contributed by atoms with Crippen molar-refractivity contribution in [1.29, 1.82) is 0 Å². The maximum Gasteiger partial charge on any atom is 0.223 e. The number of carbonyl (C=O) groups is 1. The molecule has 0 spiro atoms. The van der Waals surface area contributed by atoms with E-state index < -0.39 is 0 Å². The molecule has 2 fully saturated rings. The molecular weight excluding hydrogens is 252 g/mol. The van der Waals surface area contributed by atoms with Gasteiger partial charge in [-0.25, -0.2) is 0 Å². The van der Waals surface area contributed by atoms with E-state index in [1.807, 2.05) is 12.1 Å². The first-order valence-corrected chi connectivity index (χ1v) is 7.51. The van der Waals surface area contributed by atoms with Gasteiger partial charge in [-0.1, -0.05) is 0 Å². The SMILES string of the molecule is COC1C[C@H]2CC[C@@H](C1)N2C(=O)CCc1ccncc1. The van der Waals surface area contributed by atoms with Crippen LogP contribution in [0.4, 0.5) is 0 Å². The minimum Gasteiger partial charge on any atom is -0.381 e.